The molecule has 8 saturated heterocycles. The van der Waals surface area contributed by atoms with Gasteiger partial charge in [0.15, 0.2) is 6.04 Å². The van der Waals surface area contributed by atoms with Gasteiger partial charge < -0.3 is 65.5 Å². The van der Waals surface area contributed by atoms with E-state index in [0.29, 0.717) is 80.2 Å². The number of carbonyl (C=O) groups is 11. The average Bonchev–Trinajstić information content (AvgIpc) is 1.53. The molecule has 3 aromatic rings. The molecule has 0 aromatic heterocycles. The maximum Gasteiger partial charge on any atom is 0.414 e. The first-order valence-corrected chi connectivity index (χ1v) is 35.3. The number of benzene rings is 3. The SMILES string of the molecule is CCC1(C)NC(=O)[C@@H](NC(=O)CCCCCNC(=O)N2CCN(c3ccc(N4C[C@H](CNC(C)=O)OC4=O)cc3F)CC2)[C@@H](C)OC(=O)[C@H](c2ccccc2)NC(=O)[C@@H]2CC(=O)[C@H](CSC3CN4CCC3CC4)CN2C(=O)[C@H](Cc2ccc(C)cc2)N(C)C(=O)[C@@H]2CCCN2C1=O. The van der Waals surface area contributed by atoms with Crippen molar-refractivity contribution in [3.05, 3.63) is 95.3 Å². The lowest BCUT2D eigenvalue weighted by molar-refractivity contribution is -0.158. The molecule has 2 bridgehead atoms. The van der Waals surface area contributed by atoms with Crippen LogP contribution in [0.2, 0.25) is 0 Å². The number of esters is 1. The topological polar surface area (TPSA) is 289 Å². The minimum absolute atomic E-state index is 0.0321. The van der Waals surface area contributed by atoms with E-state index in [1.807, 2.05) is 36.1 Å². The molecule has 8 heterocycles. The number of carbonyl (C=O) groups excluding carboxylic acids is 11. The lowest BCUT2D eigenvalue weighted by atomic mass is 9.88. The van der Waals surface area contributed by atoms with Crippen molar-refractivity contribution in [1.29, 1.82) is 0 Å². The molecule has 97 heavy (non-hydrogen) atoms. The number of ketones is 1. The van der Waals surface area contributed by atoms with Crippen molar-refractivity contribution in [2.75, 3.05) is 101 Å². The smallest absolute Gasteiger partial charge is 0.414 e. The Kier molecular flexibility index (Phi) is 23.5. The second kappa shape index (κ2) is 31.9. The number of amides is 10. The van der Waals surface area contributed by atoms with Gasteiger partial charge in [0.05, 0.1) is 24.5 Å². The number of fused-ring (bicyclic) bond motifs is 5. The maximum absolute atomic E-state index is 15.8. The van der Waals surface area contributed by atoms with Crippen LogP contribution in [0.1, 0.15) is 115 Å². The standard InChI is InChI=1S/C70H93FN12O13S/c1-7-70(5)67(92)81-28-14-17-54(81)64(89)77(6)56(35-46-21-19-43(2)20-22-46)65(90)83-39-49(42-97-58-41-78-29-25-47(58)26-30-78)57(85)37-55(83)62(87)75-61(48-15-10-8-11-16-48)66(91)95-44(3)60(63(88)76-70)74-59(86)18-12-9-13-27-72-68(93)80-33-31-79(32-34-80)53-24-23-50(36-52(53)71)82-40-51(96-69(82)94)38-73-45(4)84/h8,10-11,15-16,19-24,36,44,47,49,51,54-56,58,60-61H,7,9,12-14,17-18,25-35,37-42H2,1-6H3,(H,72,93)(H,73,84)(H,74,86)(H,75,87)(H,76,88)/t44-,49+,51+,54+,55+,56+,58?,60+,61+,70?/m1/s1. The number of aryl methyl sites for hydroxylation is 1. The maximum atomic E-state index is 15.8. The number of piperazine rings is 1. The van der Waals surface area contributed by atoms with E-state index < -0.39 is 107 Å². The number of urea groups is 1. The van der Waals surface area contributed by atoms with Crippen LogP contribution in [0, 0.1) is 24.6 Å². The summed E-state index contributed by atoms with van der Waals surface area (Å²) in [6.07, 6.45) is 1.10. The van der Waals surface area contributed by atoms with Crippen LogP contribution >= 0.6 is 11.8 Å². The molecule has 8 aliphatic rings. The van der Waals surface area contributed by atoms with Gasteiger partial charge in [-0.2, -0.15) is 11.8 Å². The van der Waals surface area contributed by atoms with Gasteiger partial charge in [-0.3, -0.25) is 43.3 Å². The summed E-state index contributed by atoms with van der Waals surface area (Å²) in [4.78, 5) is 168. The Labute approximate surface area is 570 Å². The molecule has 0 spiro atoms. The van der Waals surface area contributed by atoms with Gasteiger partial charge in [0.2, 0.25) is 41.4 Å². The minimum Gasteiger partial charge on any atom is -0.458 e. The summed E-state index contributed by atoms with van der Waals surface area (Å²) in [7, 11) is 1.52. The highest BCUT2D eigenvalue weighted by Crippen LogP contribution is 2.38. The largest absolute Gasteiger partial charge is 0.458 e. The first-order valence-electron chi connectivity index (χ1n) is 34.3. The molecular formula is C70H93FN12O13S. The van der Waals surface area contributed by atoms with Crippen LogP contribution in [0.4, 0.5) is 25.4 Å². The van der Waals surface area contributed by atoms with Crippen LogP contribution in [0.5, 0.6) is 0 Å². The highest BCUT2D eigenvalue weighted by molar-refractivity contribution is 8.00. The Hall–Kier alpha value is -8.33. The predicted molar refractivity (Wildman–Crippen MR) is 360 cm³/mol. The molecule has 10 atom stereocenters. The van der Waals surface area contributed by atoms with Gasteiger partial charge in [-0.15, -0.1) is 0 Å². The Bertz CT molecular complexity index is 3410. The first kappa shape index (κ1) is 71.4. The molecule has 0 radical (unpaired) electrons. The van der Waals surface area contributed by atoms with Gasteiger partial charge in [-0.1, -0.05) is 73.5 Å². The molecule has 524 valence electrons. The van der Waals surface area contributed by atoms with E-state index >= 15 is 23.6 Å². The fourth-order valence-electron chi connectivity index (χ4n) is 14.2. The molecule has 2 unspecified atom stereocenters. The number of piperidine rings is 4. The van der Waals surface area contributed by atoms with E-state index in [1.165, 1.54) is 53.5 Å². The van der Waals surface area contributed by atoms with Crippen molar-refractivity contribution < 1.29 is 66.6 Å². The van der Waals surface area contributed by atoms with Crippen molar-refractivity contribution in [2.24, 2.45) is 11.8 Å². The zero-order valence-electron chi connectivity index (χ0n) is 56.4. The third-order valence-corrected chi connectivity index (χ3v) is 21.9. The van der Waals surface area contributed by atoms with E-state index in [4.69, 9.17) is 9.47 Å². The monoisotopic (exact) mass is 1360 g/mol. The third-order valence-electron chi connectivity index (χ3n) is 20.3. The van der Waals surface area contributed by atoms with E-state index in [9.17, 15) is 33.6 Å². The Morgan fingerprint density at radius 3 is 2.20 bits per heavy atom. The number of unbranched alkanes of at least 4 members (excludes halogenated alkanes) is 2. The Balaban J connectivity index is 0.818. The number of hydrogen-bond acceptors (Lipinski definition) is 16. The number of hydrogen-bond donors (Lipinski definition) is 5. The van der Waals surface area contributed by atoms with Gasteiger partial charge >= 0.3 is 18.1 Å². The quantitative estimate of drug-likeness (QED) is 0.0880. The Morgan fingerprint density at radius 1 is 0.784 bits per heavy atom. The van der Waals surface area contributed by atoms with Crippen molar-refractivity contribution in [3.8, 4) is 0 Å². The zero-order valence-corrected chi connectivity index (χ0v) is 57.2. The highest BCUT2D eigenvalue weighted by Gasteiger charge is 2.50. The molecule has 0 saturated carbocycles. The molecule has 11 rings (SSSR count). The molecule has 10 amide bonds. The van der Waals surface area contributed by atoms with Crippen molar-refractivity contribution in [3.63, 3.8) is 0 Å². The summed E-state index contributed by atoms with van der Waals surface area (Å²) in [6.45, 7) is 12.8. The van der Waals surface area contributed by atoms with E-state index in [1.54, 1.807) is 66.1 Å². The van der Waals surface area contributed by atoms with Gasteiger partial charge in [0, 0.05) is 103 Å². The molecule has 27 heteroatoms. The summed E-state index contributed by atoms with van der Waals surface area (Å²) < 4.78 is 27.0. The van der Waals surface area contributed by atoms with Crippen molar-refractivity contribution >= 4 is 88.4 Å². The summed E-state index contributed by atoms with van der Waals surface area (Å²) in [6, 6.07) is 13.1. The zero-order chi connectivity index (χ0) is 69.2. The van der Waals surface area contributed by atoms with Gasteiger partial charge in [-0.05, 0) is 114 Å². The normalized spacial score (nSPS) is 28.4. The van der Waals surface area contributed by atoms with Crippen LogP contribution in [-0.2, 0) is 59.0 Å². The summed E-state index contributed by atoms with van der Waals surface area (Å²) >= 11 is 1.73. The van der Waals surface area contributed by atoms with Gasteiger partial charge in [0.25, 0.3) is 0 Å². The summed E-state index contributed by atoms with van der Waals surface area (Å²) in [5, 5.41) is 14.3. The fraction of sp³-hybridized carbons (Fsp3) is 0.586. The fourth-order valence-corrected chi connectivity index (χ4v) is 15.9. The van der Waals surface area contributed by atoms with E-state index in [-0.39, 0.29) is 88.1 Å². The number of halogens is 1. The number of likely N-dealkylation sites (N-methyl/N-ethyl adjacent to an activating group) is 1. The number of ether oxygens (including phenoxy) is 2. The number of cyclic esters (lactones) is 2. The molecule has 0 aliphatic carbocycles. The first-order chi connectivity index (χ1) is 46.5. The van der Waals surface area contributed by atoms with Crippen molar-refractivity contribution in [1.82, 2.24) is 51.1 Å². The molecule has 3 aromatic carbocycles. The summed E-state index contributed by atoms with van der Waals surface area (Å²) in [5.41, 5.74) is 0.956. The van der Waals surface area contributed by atoms with Crippen molar-refractivity contribution in [2.45, 2.75) is 158 Å². The number of Topliss-reactive ketones (excluding diaryl/α,β-unsaturated/α-hetero) is 1. The van der Waals surface area contributed by atoms with Crippen LogP contribution in [0.15, 0.2) is 72.8 Å². The third kappa shape index (κ3) is 17.2. The van der Waals surface area contributed by atoms with Crippen LogP contribution in [0.25, 0.3) is 0 Å². The highest BCUT2D eigenvalue weighted by atomic mass is 32.2. The second-order valence-corrected chi connectivity index (χ2v) is 28.4. The van der Waals surface area contributed by atoms with Gasteiger partial charge in [0.1, 0.15) is 53.5 Å². The number of anilines is 2. The molecule has 8 fully saturated rings. The molecule has 8 aliphatic heterocycles. The second-order valence-electron chi connectivity index (χ2n) is 27.1. The summed E-state index contributed by atoms with van der Waals surface area (Å²) in [5.74, 6) is -5.69. The number of thioether (sulfide) groups is 1. The number of nitrogens with zero attached hydrogens (tertiary/aromatic N) is 7. The van der Waals surface area contributed by atoms with Crippen LogP contribution in [-0.4, -0.2) is 228 Å². The number of rotatable bonds is 18. The van der Waals surface area contributed by atoms with E-state index in [0.717, 1.165) is 43.6 Å². The number of nitrogens with one attached hydrogen (secondary N) is 5. The van der Waals surface area contributed by atoms with Gasteiger partial charge in [-0.25, -0.2) is 18.8 Å². The minimum atomic E-state index is -1.67. The molecular weight excluding hydrogens is 1270 g/mol. The lowest BCUT2D eigenvalue weighted by Crippen LogP contribution is -2.65. The average molecular weight is 1360 g/mol. The lowest BCUT2D eigenvalue weighted by Gasteiger charge is -2.45. The molecule has 5 N–H and O–H groups in total. The molecule has 25 nitrogen and oxygen atoms in total. The van der Waals surface area contributed by atoms with E-state index in [2.05, 4.69) is 31.5 Å². The van der Waals surface area contributed by atoms with Crippen LogP contribution < -0.4 is 36.4 Å². The Morgan fingerprint density at radius 2 is 1.52 bits per heavy atom. The van der Waals surface area contributed by atoms with Crippen LogP contribution in [0.3, 0.4) is 0 Å². The predicted octanol–water partition coefficient (Wildman–Crippen LogP) is 4.23.